The van der Waals surface area contributed by atoms with E-state index in [1.165, 1.54) is 17.2 Å². The largest absolute Gasteiger partial charge is 0.494 e. The third-order valence-corrected chi connectivity index (χ3v) is 7.59. The fourth-order valence-electron chi connectivity index (χ4n) is 5.13. The summed E-state index contributed by atoms with van der Waals surface area (Å²) >= 11 is 0. The molecule has 0 aliphatic carbocycles. The third kappa shape index (κ3) is 9.31. The lowest BCUT2D eigenvalue weighted by molar-refractivity contribution is -0.111. The van der Waals surface area contributed by atoms with E-state index in [9.17, 15) is 4.79 Å². The molecule has 10 heteroatoms. The Morgan fingerprint density at radius 3 is 2.50 bits per heavy atom. The Hall–Kier alpha value is -4.41. The first kappa shape index (κ1) is 36.1. The number of rotatable bonds is 11. The van der Waals surface area contributed by atoms with Gasteiger partial charge < -0.3 is 25.0 Å². The minimum Gasteiger partial charge on any atom is -0.494 e. The molecule has 2 aliphatic rings. The number of methoxy groups -OCH3 is 1. The molecule has 3 N–H and O–H groups in total. The van der Waals surface area contributed by atoms with Gasteiger partial charge in [-0.05, 0) is 35.6 Å². The Bertz CT molecular complexity index is 1420. The first-order valence-corrected chi connectivity index (χ1v) is 16.4. The van der Waals surface area contributed by atoms with Crippen molar-refractivity contribution in [1.29, 1.82) is 0 Å². The van der Waals surface area contributed by atoms with Crippen LogP contribution in [0.4, 0.5) is 28.8 Å². The average Bonchev–Trinajstić information content (AvgIpc) is 3.54. The summed E-state index contributed by atoms with van der Waals surface area (Å²) in [5, 5.41) is 8.21. The number of nitrogens with one attached hydrogen (secondary N) is 3. The zero-order chi connectivity index (χ0) is 33.5. The van der Waals surface area contributed by atoms with Crippen LogP contribution in [0.15, 0.2) is 79.2 Å². The fourth-order valence-corrected chi connectivity index (χ4v) is 5.13. The number of nitrogens with zero attached hydrogens (tertiary/aromatic N) is 4. The van der Waals surface area contributed by atoms with E-state index >= 15 is 0 Å². The number of aromatic nitrogens is 2. The molecule has 10 nitrogen and oxygen atoms in total. The van der Waals surface area contributed by atoms with E-state index < -0.39 is 0 Å². The SMILES string of the molecule is C=CC(=O)Nc1cc(Nc2nccc(N3C=C(CC(C)CC)C(c4ccccc4)N3)n2)c(OC)cc1N1CCOCC1.CC.CC. The number of hydrazine groups is 1. The van der Waals surface area contributed by atoms with E-state index in [1.807, 2.05) is 57.0 Å². The van der Waals surface area contributed by atoms with Gasteiger partial charge >= 0.3 is 0 Å². The van der Waals surface area contributed by atoms with Crippen LogP contribution in [0, 0.1) is 5.92 Å². The van der Waals surface area contributed by atoms with Crippen LogP contribution < -0.4 is 30.7 Å². The van der Waals surface area contributed by atoms with Crippen molar-refractivity contribution in [3.8, 4) is 5.75 Å². The summed E-state index contributed by atoms with van der Waals surface area (Å²) < 4.78 is 11.3. The molecule has 2 aromatic carbocycles. The third-order valence-electron chi connectivity index (χ3n) is 7.59. The van der Waals surface area contributed by atoms with Gasteiger partial charge in [0.2, 0.25) is 11.9 Å². The van der Waals surface area contributed by atoms with Crippen LogP contribution >= 0.6 is 0 Å². The first-order valence-electron chi connectivity index (χ1n) is 16.4. The molecule has 5 rings (SSSR count). The van der Waals surface area contributed by atoms with Crippen molar-refractivity contribution in [2.24, 2.45) is 5.92 Å². The van der Waals surface area contributed by atoms with Gasteiger partial charge in [0.1, 0.15) is 5.75 Å². The Labute approximate surface area is 274 Å². The minimum atomic E-state index is -0.299. The zero-order valence-electron chi connectivity index (χ0n) is 28.5. The van der Waals surface area contributed by atoms with E-state index in [4.69, 9.17) is 14.5 Å². The number of hydrogen-bond acceptors (Lipinski definition) is 9. The quantitative estimate of drug-likeness (QED) is 0.185. The monoisotopic (exact) mass is 629 g/mol. The van der Waals surface area contributed by atoms with Crippen molar-refractivity contribution in [1.82, 2.24) is 15.4 Å². The number of morpholine rings is 1. The van der Waals surface area contributed by atoms with Gasteiger partial charge in [-0.2, -0.15) is 4.98 Å². The number of carbonyl (C=O) groups is 1. The Morgan fingerprint density at radius 2 is 1.85 bits per heavy atom. The van der Waals surface area contributed by atoms with Gasteiger partial charge in [-0.15, -0.1) is 0 Å². The molecule has 1 fully saturated rings. The Kier molecular flexibility index (Phi) is 14.5. The summed E-state index contributed by atoms with van der Waals surface area (Å²) in [4.78, 5) is 23.8. The summed E-state index contributed by atoms with van der Waals surface area (Å²) in [6.45, 7) is 18.7. The van der Waals surface area contributed by atoms with Gasteiger partial charge in [-0.25, -0.2) is 10.4 Å². The molecule has 46 heavy (non-hydrogen) atoms. The van der Waals surface area contributed by atoms with Gasteiger partial charge in [0, 0.05) is 37.6 Å². The molecule has 0 radical (unpaired) electrons. The highest BCUT2D eigenvalue weighted by atomic mass is 16.5. The Balaban J connectivity index is 0.00000139. The zero-order valence-corrected chi connectivity index (χ0v) is 28.5. The topological polar surface area (TPSA) is 104 Å². The second-order valence-electron chi connectivity index (χ2n) is 10.5. The fraction of sp³-hybridized carbons (Fsp3) is 0.417. The number of ether oxygens (including phenoxy) is 2. The van der Waals surface area contributed by atoms with Crippen molar-refractivity contribution in [3.05, 3.63) is 84.7 Å². The molecule has 1 aromatic heterocycles. The maximum atomic E-state index is 12.3. The van der Waals surface area contributed by atoms with Crippen LogP contribution in [-0.2, 0) is 9.53 Å². The molecule has 1 amide bonds. The van der Waals surface area contributed by atoms with Crippen LogP contribution in [0.3, 0.4) is 0 Å². The van der Waals surface area contributed by atoms with Gasteiger partial charge in [-0.1, -0.05) is 84.9 Å². The van der Waals surface area contributed by atoms with Crippen LogP contribution in [0.25, 0.3) is 0 Å². The lowest BCUT2D eigenvalue weighted by atomic mass is 9.92. The van der Waals surface area contributed by atoms with Gasteiger partial charge in [0.25, 0.3) is 0 Å². The highest BCUT2D eigenvalue weighted by Gasteiger charge is 2.28. The van der Waals surface area contributed by atoms with E-state index in [2.05, 4.69) is 76.8 Å². The molecule has 2 atom stereocenters. The summed E-state index contributed by atoms with van der Waals surface area (Å²) in [6.07, 6.45) is 7.22. The smallest absolute Gasteiger partial charge is 0.247 e. The molecule has 0 spiro atoms. The molecule has 248 valence electrons. The predicted molar refractivity (Wildman–Crippen MR) is 190 cm³/mol. The van der Waals surface area contributed by atoms with E-state index in [0.717, 1.165) is 18.5 Å². The molecular weight excluding hydrogens is 578 g/mol. The van der Waals surface area contributed by atoms with Gasteiger partial charge in [-0.3, -0.25) is 9.80 Å². The average molecular weight is 630 g/mol. The number of anilines is 5. The van der Waals surface area contributed by atoms with Gasteiger partial charge in [0.15, 0.2) is 5.82 Å². The molecule has 0 bridgehead atoms. The molecule has 3 aromatic rings. The van der Waals surface area contributed by atoms with E-state index in [1.54, 1.807) is 13.3 Å². The summed E-state index contributed by atoms with van der Waals surface area (Å²) in [6, 6.07) is 16.1. The normalized spacial score (nSPS) is 16.2. The molecule has 3 heterocycles. The number of benzene rings is 2. The van der Waals surface area contributed by atoms with E-state index in [-0.39, 0.29) is 11.9 Å². The summed E-state index contributed by atoms with van der Waals surface area (Å²) in [5.41, 5.74) is 8.24. The van der Waals surface area contributed by atoms with Crippen molar-refractivity contribution in [2.45, 2.75) is 60.4 Å². The van der Waals surface area contributed by atoms with Crippen LogP contribution in [-0.4, -0.2) is 49.3 Å². The summed E-state index contributed by atoms with van der Waals surface area (Å²) in [5.74, 6) is 1.97. The number of amides is 1. The minimum absolute atomic E-state index is 0.0652. The van der Waals surface area contributed by atoms with Crippen molar-refractivity contribution < 1.29 is 14.3 Å². The molecular formula is C36H51N7O3. The molecule has 2 unspecified atom stereocenters. The predicted octanol–water partition coefficient (Wildman–Crippen LogP) is 7.63. The molecule has 2 aliphatic heterocycles. The van der Waals surface area contributed by atoms with Crippen LogP contribution in [0.1, 0.15) is 66.0 Å². The van der Waals surface area contributed by atoms with Crippen LogP contribution in [0.2, 0.25) is 0 Å². The summed E-state index contributed by atoms with van der Waals surface area (Å²) in [7, 11) is 1.62. The van der Waals surface area contributed by atoms with Crippen LogP contribution in [0.5, 0.6) is 5.75 Å². The second kappa shape index (κ2) is 18.5. The van der Waals surface area contributed by atoms with Crippen molar-refractivity contribution in [3.63, 3.8) is 0 Å². The number of carbonyl (C=O) groups excluding carboxylic acids is 1. The lowest BCUT2D eigenvalue weighted by Gasteiger charge is -2.31. The second-order valence-corrected chi connectivity index (χ2v) is 10.5. The van der Waals surface area contributed by atoms with Crippen molar-refractivity contribution in [2.75, 3.05) is 54.0 Å². The molecule has 1 saturated heterocycles. The Morgan fingerprint density at radius 1 is 1.13 bits per heavy atom. The molecule has 0 saturated carbocycles. The maximum Gasteiger partial charge on any atom is 0.247 e. The lowest BCUT2D eigenvalue weighted by Crippen LogP contribution is -2.36. The highest BCUT2D eigenvalue weighted by molar-refractivity contribution is 6.02. The standard InChI is InChI=1S/C32H39N7O3.2C2H6/c1-5-22(3)18-24-21-39(37-31(24)23-10-8-7-9-11-23)29-12-13-33-32(36-29)35-26-19-25(34-30(40)6-2)27(20-28(26)41-4)38-14-16-42-17-15-38;2*1-2/h6-13,19-22,31,37H,2,5,14-18H2,1,3-4H3,(H,34,40)(H,33,35,36);2*1-2H3. The maximum absolute atomic E-state index is 12.3. The highest BCUT2D eigenvalue weighted by Crippen LogP contribution is 2.39. The van der Waals surface area contributed by atoms with E-state index in [0.29, 0.717) is 61.1 Å². The first-order chi connectivity index (χ1) is 22.5. The number of hydrogen-bond donors (Lipinski definition) is 3. The van der Waals surface area contributed by atoms with Gasteiger partial charge in [0.05, 0.1) is 43.4 Å². The van der Waals surface area contributed by atoms with Crippen molar-refractivity contribution >= 4 is 34.7 Å².